The molecule has 13 heavy (non-hydrogen) atoms. The van der Waals surface area contributed by atoms with Crippen molar-refractivity contribution in [2.75, 3.05) is 0 Å². The molecule has 2 heterocycles. The van der Waals surface area contributed by atoms with Gasteiger partial charge in [0.05, 0.1) is 0 Å². The Morgan fingerprint density at radius 3 is 2.46 bits per heavy atom. The minimum Gasteiger partial charge on any atom is -0.373 e. The van der Waals surface area contributed by atoms with Gasteiger partial charge in [0.25, 0.3) is 0 Å². The number of hydrogen-bond donors (Lipinski definition) is 0. The van der Waals surface area contributed by atoms with Crippen LogP contribution in [-0.2, 0) is 32.7 Å². The summed E-state index contributed by atoms with van der Waals surface area (Å²) in [5, 5.41) is 7.36. The van der Waals surface area contributed by atoms with Crippen LogP contribution < -0.4 is 0 Å². The van der Waals surface area contributed by atoms with Crippen LogP contribution in [0.4, 0.5) is 0 Å². The topological polar surface area (TPSA) is 38.7 Å². The summed E-state index contributed by atoms with van der Waals surface area (Å²) in [6.07, 6.45) is 6.55. The van der Waals surface area contributed by atoms with Crippen LogP contribution >= 0.6 is 0 Å². The quantitative estimate of drug-likeness (QED) is 0.706. The molecular formula is C9H5N3Y-2. The van der Waals surface area contributed by atoms with Crippen LogP contribution in [0, 0.1) is 12.1 Å². The molecule has 0 spiro atoms. The van der Waals surface area contributed by atoms with Crippen molar-refractivity contribution in [1.29, 1.82) is 0 Å². The zero-order valence-electron chi connectivity index (χ0n) is 6.81. The fourth-order valence-corrected chi connectivity index (χ4v) is 0.880. The number of pyridine rings is 1. The van der Waals surface area contributed by atoms with Gasteiger partial charge >= 0.3 is 0 Å². The minimum absolute atomic E-state index is 0. The Bertz CT molecular complexity index is 312. The maximum Gasteiger partial charge on any atom is 0 e. The molecule has 0 aromatic carbocycles. The second-order valence-corrected chi connectivity index (χ2v) is 2.20. The van der Waals surface area contributed by atoms with Gasteiger partial charge in [-0.2, -0.15) is 5.10 Å². The van der Waals surface area contributed by atoms with Crippen LogP contribution in [0.3, 0.4) is 0 Å². The fourth-order valence-electron chi connectivity index (χ4n) is 0.880. The van der Waals surface area contributed by atoms with Crippen molar-refractivity contribution in [1.82, 2.24) is 15.2 Å². The van der Waals surface area contributed by atoms with E-state index in [-0.39, 0.29) is 32.7 Å². The van der Waals surface area contributed by atoms with E-state index in [1.54, 1.807) is 24.7 Å². The third-order valence-electron chi connectivity index (χ3n) is 1.42. The first-order chi connectivity index (χ1) is 5.97. The predicted molar refractivity (Wildman–Crippen MR) is 42.9 cm³/mol. The van der Waals surface area contributed by atoms with E-state index >= 15 is 0 Å². The number of aromatic nitrogens is 3. The van der Waals surface area contributed by atoms with E-state index in [9.17, 15) is 0 Å². The van der Waals surface area contributed by atoms with E-state index in [0.717, 1.165) is 11.1 Å². The zero-order chi connectivity index (χ0) is 8.23. The summed E-state index contributed by atoms with van der Waals surface area (Å²) in [6.45, 7) is 0. The molecule has 0 unspecified atom stereocenters. The van der Waals surface area contributed by atoms with E-state index < -0.39 is 0 Å². The monoisotopic (exact) mass is 244 g/mol. The molecule has 61 valence electrons. The summed E-state index contributed by atoms with van der Waals surface area (Å²) in [5.41, 5.74) is 1.74. The van der Waals surface area contributed by atoms with E-state index in [1.807, 2.05) is 0 Å². The summed E-state index contributed by atoms with van der Waals surface area (Å²) in [4.78, 5) is 3.96. The van der Waals surface area contributed by atoms with Gasteiger partial charge in [0.2, 0.25) is 0 Å². The Hall–Kier alpha value is -0.666. The molecule has 0 aliphatic rings. The maximum atomic E-state index is 3.96. The Morgan fingerprint density at radius 2 is 1.85 bits per heavy atom. The third kappa shape index (κ3) is 2.64. The average Bonchev–Trinajstić information content (AvgIpc) is 2.21. The van der Waals surface area contributed by atoms with E-state index in [2.05, 4.69) is 27.3 Å². The maximum absolute atomic E-state index is 3.96. The molecule has 4 heteroatoms. The molecule has 3 nitrogen and oxygen atoms in total. The SMILES string of the molecule is [Y].[c-]1ccncc1-c1[c-]cnnc1. The van der Waals surface area contributed by atoms with Crippen molar-refractivity contribution < 1.29 is 32.7 Å². The molecule has 1 radical (unpaired) electrons. The van der Waals surface area contributed by atoms with E-state index in [4.69, 9.17) is 0 Å². The van der Waals surface area contributed by atoms with Gasteiger partial charge in [-0.05, 0) is 6.20 Å². The second-order valence-electron chi connectivity index (χ2n) is 2.20. The molecule has 0 amide bonds. The van der Waals surface area contributed by atoms with E-state index in [0.29, 0.717) is 0 Å². The van der Waals surface area contributed by atoms with Gasteiger partial charge < -0.3 is 4.98 Å². The second kappa shape index (κ2) is 5.15. The van der Waals surface area contributed by atoms with Gasteiger partial charge in [-0.25, -0.2) is 28.4 Å². The van der Waals surface area contributed by atoms with Crippen molar-refractivity contribution >= 4 is 0 Å². The molecular weight excluding hydrogens is 239 g/mol. The third-order valence-corrected chi connectivity index (χ3v) is 1.42. The smallest absolute Gasteiger partial charge is 0 e. The summed E-state index contributed by atoms with van der Waals surface area (Å²) in [5.74, 6) is 0. The molecule has 0 N–H and O–H groups in total. The van der Waals surface area contributed by atoms with Gasteiger partial charge in [0.15, 0.2) is 0 Å². The molecule has 0 saturated carbocycles. The molecule has 0 aliphatic heterocycles. The first-order valence-electron chi connectivity index (χ1n) is 3.47. The van der Waals surface area contributed by atoms with Crippen LogP contribution in [-0.4, -0.2) is 15.2 Å². The molecule has 2 aromatic heterocycles. The van der Waals surface area contributed by atoms with Crippen LogP contribution in [0.5, 0.6) is 0 Å². The summed E-state index contributed by atoms with van der Waals surface area (Å²) in [6, 6.07) is 7.72. The van der Waals surface area contributed by atoms with Crippen molar-refractivity contribution in [3.05, 3.63) is 43.0 Å². The summed E-state index contributed by atoms with van der Waals surface area (Å²) in [7, 11) is 0. The number of hydrogen-bond acceptors (Lipinski definition) is 3. The van der Waals surface area contributed by atoms with E-state index in [1.165, 1.54) is 6.20 Å². The van der Waals surface area contributed by atoms with Crippen molar-refractivity contribution in [2.45, 2.75) is 0 Å². The largest absolute Gasteiger partial charge is 0.373 e. The first-order valence-corrected chi connectivity index (χ1v) is 3.47. The molecule has 0 saturated heterocycles. The summed E-state index contributed by atoms with van der Waals surface area (Å²) < 4.78 is 0. The Morgan fingerprint density at radius 1 is 1.00 bits per heavy atom. The van der Waals surface area contributed by atoms with Crippen molar-refractivity contribution in [3.63, 3.8) is 0 Å². The van der Waals surface area contributed by atoms with Crippen LogP contribution in [0.1, 0.15) is 0 Å². The Labute approximate surface area is 101 Å². The molecule has 0 aliphatic carbocycles. The molecule has 0 bridgehead atoms. The molecule has 2 rings (SSSR count). The Balaban J connectivity index is 0.000000845. The molecule has 0 atom stereocenters. The van der Waals surface area contributed by atoms with Crippen LogP contribution in [0.25, 0.3) is 11.1 Å². The number of rotatable bonds is 1. The molecule has 2 aromatic rings. The van der Waals surface area contributed by atoms with Crippen molar-refractivity contribution in [2.24, 2.45) is 0 Å². The summed E-state index contributed by atoms with van der Waals surface area (Å²) >= 11 is 0. The minimum atomic E-state index is 0. The van der Waals surface area contributed by atoms with Gasteiger partial charge in [0, 0.05) is 32.7 Å². The van der Waals surface area contributed by atoms with Gasteiger partial charge in [-0.3, -0.25) is 0 Å². The van der Waals surface area contributed by atoms with Crippen LogP contribution in [0.2, 0.25) is 0 Å². The van der Waals surface area contributed by atoms with Crippen LogP contribution in [0.15, 0.2) is 30.9 Å². The Kier molecular flexibility index (Phi) is 4.12. The molecule has 0 fully saturated rings. The normalized spacial score (nSPS) is 8.92. The predicted octanol–water partition coefficient (Wildman–Crippen LogP) is 1.14. The van der Waals surface area contributed by atoms with Gasteiger partial charge in [-0.1, -0.05) is 12.4 Å². The average molecular weight is 244 g/mol. The standard InChI is InChI=1S/C9H5N3.Y/c1-2-8(6-10-4-1)9-3-5-11-12-7-9;/h1,4-7H;/q-2;. The number of nitrogens with zero attached hydrogens (tertiary/aromatic N) is 3. The van der Waals surface area contributed by atoms with Gasteiger partial charge in [-0.15, -0.1) is 12.3 Å². The zero-order valence-corrected chi connectivity index (χ0v) is 9.64. The fraction of sp³-hybridized carbons (Fsp3) is 0. The first kappa shape index (κ1) is 10.4. The van der Waals surface area contributed by atoms with Gasteiger partial charge in [0.1, 0.15) is 0 Å². The van der Waals surface area contributed by atoms with Crippen molar-refractivity contribution in [3.8, 4) is 11.1 Å².